The van der Waals surface area contributed by atoms with E-state index in [4.69, 9.17) is 18.0 Å². The van der Waals surface area contributed by atoms with Crippen LogP contribution in [0.4, 0.5) is 15.8 Å². The Kier molecular flexibility index (Phi) is 3.88. The zero-order valence-corrected chi connectivity index (χ0v) is 11.6. The van der Waals surface area contributed by atoms with Crippen LogP contribution >= 0.6 is 28.1 Å². The molecule has 0 spiro atoms. The van der Waals surface area contributed by atoms with Gasteiger partial charge in [0.15, 0.2) is 0 Å². The van der Waals surface area contributed by atoms with Crippen molar-refractivity contribution in [3.05, 3.63) is 52.5 Å². The summed E-state index contributed by atoms with van der Waals surface area (Å²) in [7, 11) is 0. The lowest BCUT2D eigenvalue weighted by Gasteiger charge is -2.08. The average molecular weight is 326 g/mol. The minimum Gasteiger partial charge on any atom is -0.389 e. The number of thiocarbonyl (C=S) groups is 1. The van der Waals surface area contributed by atoms with E-state index in [9.17, 15) is 4.39 Å². The minimum atomic E-state index is -0.416. The highest BCUT2D eigenvalue weighted by Gasteiger charge is 2.05. The van der Waals surface area contributed by atoms with E-state index in [1.165, 1.54) is 6.07 Å². The molecule has 0 saturated carbocycles. The molecule has 0 bridgehead atoms. The third-order valence-electron chi connectivity index (χ3n) is 2.24. The maximum absolute atomic E-state index is 13.8. The summed E-state index contributed by atoms with van der Waals surface area (Å²) in [5.74, 6) is -0.416. The van der Waals surface area contributed by atoms with Crippen molar-refractivity contribution >= 4 is 44.5 Å². The Balaban J connectivity index is 2.27. The van der Waals surface area contributed by atoms with Crippen LogP contribution in [-0.2, 0) is 0 Å². The molecule has 0 aliphatic heterocycles. The maximum Gasteiger partial charge on any atom is 0.147 e. The molecule has 92 valence electrons. The summed E-state index contributed by atoms with van der Waals surface area (Å²) in [6.45, 7) is 0. The number of nitrogens with zero attached hydrogens (tertiary/aromatic N) is 1. The Hall–Kier alpha value is -1.53. The van der Waals surface area contributed by atoms with Crippen molar-refractivity contribution in [2.45, 2.75) is 0 Å². The van der Waals surface area contributed by atoms with Crippen molar-refractivity contribution in [1.29, 1.82) is 0 Å². The molecule has 0 fully saturated rings. The summed E-state index contributed by atoms with van der Waals surface area (Å²) in [6.07, 6.45) is 3.25. The molecule has 0 unspecified atom stereocenters. The molecule has 3 N–H and O–H groups in total. The number of halogens is 2. The second-order valence-electron chi connectivity index (χ2n) is 3.58. The molecule has 0 saturated heterocycles. The van der Waals surface area contributed by atoms with Gasteiger partial charge in [0.1, 0.15) is 10.8 Å². The van der Waals surface area contributed by atoms with Gasteiger partial charge < -0.3 is 11.1 Å². The highest BCUT2D eigenvalue weighted by atomic mass is 79.9. The van der Waals surface area contributed by atoms with Gasteiger partial charge in [0.05, 0.1) is 17.6 Å². The van der Waals surface area contributed by atoms with Crippen LogP contribution in [0.1, 0.15) is 5.56 Å². The number of hydrogen-bond acceptors (Lipinski definition) is 3. The van der Waals surface area contributed by atoms with Gasteiger partial charge in [0.25, 0.3) is 0 Å². The predicted molar refractivity (Wildman–Crippen MR) is 77.5 cm³/mol. The summed E-state index contributed by atoms with van der Waals surface area (Å²) in [5.41, 5.74) is 6.96. The zero-order chi connectivity index (χ0) is 13.1. The molecule has 0 amide bonds. The van der Waals surface area contributed by atoms with Gasteiger partial charge in [0, 0.05) is 16.2 Å². The van der Waals surface area contributed by atoms with Crippen LogP contribution in [0.3, 0.4) is 0 Å². The van der Waals surface area contributed by atoms with Gasteiger partial charge >= 0.3 is 0 Å². The highest BCUT2D eigenvalue weighted by molar-refractivity contribution is 9.10. The van der Waals surface area contributed by atoms with Gasteiger partial charge in [-0.05, 0) is 40.2 Å². The monoisotopic (exact) mass is 325 g/mol. The van der Waals surface area contributed by atoms with Crippen molar-refractivity contribution in [2.75, 3.05) is 5.32 Å². The van der Waals surface area contributed by atoms with Gasteiger partial charge in [-0.1, -0.05) is 12.2 Å². The molecule has 0 aliphatic carbocycles. The molecule has 1 aromatic heterocycles. The Morgan fingerprint density at radius 2 is 2.11 bits per heavy atom. The number of nitrogens with one attached hydrogen (secondary N) is 1. The Morgan fingerprint density at radius 1 is 1.33 bits per heavy atom. The second-order valence-corrected chi connectivity index (χ2v) is 4.93. The van der Waals surface area contributed by atoms with Crippen LogP contribution in [0.25, 0.3) is 0 Å². The van der Waals surface area contributed by atoms with Crippen LogP contribution in [-0.4, -0.2) is 9.97 Å². The van der Waals surface area contributed by atoms with Crippen LogP contribution in [0, 0.1) is 5.82 Å². The SMILES string of the molecule is NC(=S)c1ccc(Nc2cncc(Br)c2)c(F)c1. The summed E-state index contributed by atoms with van der Waals surface area (Å²) in [5, 5.41) is 2.93. The third kappa shape index (κ3) is 3.02. The lowest BCUT2D eigenvalue weighted by molar-refractivity contribution is 0.631. The first-order chi connectivity index (χ1) is 8.56. The molecule has 0 aliphatic rings. The molecule has 2 aromatic rings. The molecule has 3 nitrogen and oxygen atoms in total. The van der Waals surface area contributed by atoms with E-state index >= 15 is 0 Å². The van der Waals surface area contributed by atoms with Gasteiger partial charge in [0.2, 0.25) is 0 Å². The van der Waals surface area contributed by atoms with E-state index < -0.39 is 5.82 Å². The molecule has 18 heavy (non-hydrogen) atoms. The number of hydrogen-bond donors (Lipinski definition) is 2. The number of benzene rings is 1. The number of nitrogens with two attached hydrogens (primary N) is 1. The van der Waals surface area contributed by atoms with Crippen molar-refractivity contribution in [3.63, 3.8) is 0 Å². The lowest BCUT2D eigenvalue weighted by atomic mass is 10.2. The fourth-order valence-corrected chi connectivity index (χ4v) is 1.90. The van der Waals surface area contributed by atoms with Crippen LogP contribution in [0.5, 0.6) is 0 Å². The maximum atomic E-state index is 13.8. The van der Waals surface area contributed by atoms with Gasteiger partial charge in [-0.25, -0.2) is 4.39 Å². The Bertz CT molecular complexity index is 604. The van der Waals surface area contributed by atoms with E-state index in [2.05, 4.69) is 26.2 Å². The first-order valence-corrected chi connectivity index (χ1v) is 6.23. The summed E-state index contributed by atoms with van der Waals surface area (Å²) in [6, 6.07) is 6.36. The van der Waals surface area contributed by atoms with E-state index in [-0.39, 0.29) is 4.99 Å². The molecule has 2 rings (SSSR count). The normalized spacial score (nSPS) is 10.1. The minimum absolute atomic E-state index is 0.171. The molecule has 1 aromatic carbocycles. The van der Waals surface area contributed by atoms with E-state index in [0.29, 0.717) is 16.9 Å². The predicted octanol–water partition coefficient (Wildman–Crippen LogP) is 3.36. The van der Waals surface area contributed by atoms with Crippen LogP contribution in [0.15, 0.2) is 41.1 Å². The largest absolute Gasteiger partial charge is 0.389 e. The topological polar surface area (TPSA) is 50.9 Å². The van der Waals surface area contributed by atoms with Gasteiger partial charge in [-0.3, -0.25) is 4.98 Å². The molecule has 6 heteroatoms. The van der Waals surface area contributed by atoms with E-state index in [1.807, 2.05) is 0 Å². The van der Waals surface area contributed by atoms with Crippen LogP contribution < -0.4 is 11.1 Å². The molecular weight excluding hydrogens is 317 g/mol. The molecule has 1 heterocycles. The van der Waals surface area contributed by atoms with Crippen molar-refractivity contribution in [1.82, 2.24) is 4.98 Å². The molecular formula is C12H9BrFN3S. The Labute approximate surface area is 117 Å². The average Bonchev–Trinajstić information content (AvgIpc) is 2.31. The first-order valence-electron chi connectivity index (χ1n) is 5.03. The third-order valence-corrected chi connectivity index (χ3v) is 2.91. The zero-order valence-electron chi connectivity index (χ0n) is 9.15. The van der Waals surface area contributed by atoms with Crippen molar-refractivity contribution in [3.8, 4) is 0 Å². The summed E-state index contributed by atoms with van der Waals surface area (Å²) < 4.78 is 14.6. The number of pyridine rings is 1. The second kappa shape index (κ2) is 5.41. The van der Waals surface area contributed by atoms with Crippen LogP contribution in [0.2, 0.25) is 0 Å². The van der Waals surface area contributed by atoms with E-state index in [1.54, 1.807) is 30.6 Å². The fraction of sp³-hybridized carbons (Fsp3) is 0. The quantitative estimate of drug-likeness (QED) is 0.849. The first kappa shape index (κ1) is 12.9. The summed E-state index contributed by atoms with van der Waals surface area (Å²) in [4.78, 5) is 4.15. The van der Waals surface area contributed by atoms with Gasteiger partial charge in [-0.15, -0.1) is 0 Å². The Morgan fingerprint density at radius 3 is 2.72 bits per heavy atom. The molecule has 0 atom stereocenters. The lowest BCUT2D eigenvalue weighted by Crippen LogP contribution is -2.09. The number of anilines is 2. The fourth-order valence-electron chi connectivity index (χ4n) is 1.41. The molecule has 0 radical (unpaired) electrons. The van der Waals surface area contributed by atoms with E-state index in [0.717, 1.165) is 4.47 Å². The van der Waals surface area contributed by atoms with Gasteiger partial charge in [-0.2, -0.15) is 0 Å². The van der Waals surface area contributed by atoms with Crippen molar-refractivity contribution < 1.29 is 4.39 Å². The summed E-state index contributed by atoms with van der Waals surface area (Å²) >= 11 is 8.08. The smallest absolute Gasteiger partial charge is 0.147 e. The number of rotatable bonds is 3. The van der Waals surface area contributed by atoms with Crippen molar-refractivity contribution in [2.24, 2.45) is 5.73 Å². The standard InChI is InChI=1S/C12H9BrFN3S/c13-8-4-9(6-16-5-8)17-11-2-1-7(12(15)18)3-10(11)14/h1-6,17H,(H2,15,18). The number of aromatic nitrogens is 1. The highest BCUT2D eigenvalue weighted by Crippen LogP contribution is 2.22.